The number of para-hydroxylation sites is 1. The van der Waals surface area contributed by atoms with Crippen molar-refractivity contribution in [2.75, 3.05) is 0 Å². The molecule has 0 aliphatic carbocycles. The van der Waals surface area contributed by atoms with Gasteiger partial charge in [-0.1, -0.05) is 30.8 Å². The molecule has 2 rings (SSSR count). The number of nitro benzene ring substituents is 1. The van der Waals surface area contributed by atoms with Crippen LogP contribution in [0.25, 0.3) is 0 Å². The third-order valence-electron chi connectivity index (χ3n) is 2.78. The maximum atomic E-state index is 10.9. The van der Waals surface area contributed by atoms with Crippen LogP contribution in [0.4, 0.5) is 5.69 Å². The molecule has 0 amide bonds. The summed E-state index contributed by atoms with van der Waals surface area (Å²) in [6.07, 6.45) is 1.65. The van der Waals surface area contributed by atoms with Crippen LogP contribution >= 0.6 is 11.8 Å². The normalized spacial score (nSPS) is 12.1. The maximum absolute atomic E-state index is 10.9. The van der Waals surface area contributed by atoms with Crippen LogP contribution in [0.2, 0.25) is 0 Å². The minimum absolute atomic E-state index is 0.0789. The summed E-state index contributed by atoms with van der Waals surface area (Å²) in [5.74, 6) is 0. The molecule has 5 nitrogen and oxygen atoms in total. The Balaban J connectivity index is 2.20. The van der Waals surface area contributed by atoms with Gasteiger partial charge in [0.25, 0.3) is 5.69 Å². The third-order valence-corrected chi connectivity index (χ3v) is 3.82. The summed E-state index contributed by atoms with van der Waals surface area (Å²) in [6, 6.07) is 10.1. The fourth-order valence-corrected chi connectivity index (χ4v) is 2.57. The van der Waals surface area contributed by atoms with E-state index in [0.717, 1.165) is 4.90 Å². The van der Waals surface area contributed by atoms with Crippen molar-refractivity contribution in [2.45, 2.75) is 29.2 Å². The van der Waals surface area contributed by atoms with Crippen LogP contribution in [0.1, 0.15) is 25.1 Å². The highest BCUT2D eigenvalue weighted by Gasteiger charge is 2.14. The van der Waals surface area contributed by atoms with Gasteiger partial charge in [-0.15, -0.1) is 0 Å². The average Bonchev–Trinajstić information content (AvgIpc) is 2.47. The minimum atomic E-state index is -0.569. The monoisotopic (exact) mass is 290 g/mol. The highest BCUT2D eigenvalue weighted by Crippen LogP contribution is 2.34. The minimum Gasteiger partial charge on any atom is -0.387 e. The van der Waals surface area contributed by atoms with Gasteiger partial charge in [0.1, 0.15) is 0 Å². The Morgan fingerprint density at radius 1 is 1.35 bits per heavy atom. The largest absolute Gasteiger partial charge is 0.387 e. The second kappa shape index (κ2) is 6.49. The fraction of sp³-hybridized carbons (Fsp3) is 0.214. The molecule has 0 fully saturated rings. The van der Waals surface area contributed by atoms with E-state index in [1.165, 1.54) is 17.8 Å². The Kier molecular flexibility index (Phi) is 4.70. The van der Waals surface area contributed by atoms with E-state index in [9.17, 15) is 15.2 Å². The lowest BCUT2D eigenvalue weighted by atomic mass is 10.2. The number of aliphatic hydroxyl groups is 1. The molecule has 0 unspecified atom stereocenters. The zero-order chi connectivity index (χ0) is 14.5. The number of hydrogen-bond acceptors (Lipinski definition) is 5. The molecule has 0 spiro atoms. The molecule has 0 saturated carbocycles. The van der Waals surface area contributed by atoms with Crippen LogP contribution < -0.4 is 0 Å². The molecular formula is C14H14N2O3S. The number of benzene rings is 1. The van der Waals surface area contributed by atoms with Gasteiger partial charge in [0.2, 0.25) is 0 Å². The van der Waals surface area contributed by atoms with Gasteiger partial charge in [-0.2, -0.15) is 0 Å². The van der Waals surface area contributed by atoms with E-state index in [4.69, 9.17) is 0 Å². The molecule has 20 heavy (non-hydrogen) atoms. The van der Waals surface area contributed by atoms with Gasteiger partial charge in [0.15, 0.2) is 0 Å². The molecular weight excluding hydrogens is 276 g/mol. The highest BCUT2D eigenvalue weighted by atomic mass is 32.2. The third kappa shape index (κ3) is 3.34. The molecule has 0 aliphatic heterocycles. The molecule has 6 heteroatoms. The Morgan fingerprint density at radius 2 is 2.10 bits per heavy atom. The quantitative estimate of drug-likeness (QED) is 0.672. The van der Waals surface area contributed by atoms with Gasteiger partial charge in [-0.05, 0) is 24.6 Å². The molecule has 1 N–H and O–H groups in total. The number of hydrogen-bond donors (Lipinski definition) is 1. The summed E-state index contributed by atoms with van der Waals surface area (Å²) in [4.78, 5) is 16.1. The van der Waals surface area contributed by atoms with Crippen LogP contribution in [0.15, 0.2) is 52.4 Å². The molecule has 1 heterocycles. The van der Waals surface area contributed by atoms with Crippen molar-refractivity contribution in [2.24, 2.45) is 0 Å². The molecule has 1 aromatic heterocycles. The number of nitrogens with zero attached hydrogens (tertiary/aromatic N) is 2. The van der Waals surface area contributed by atoms with Crippen molar-refractivity contribution >= 4 is 17.4 Å². The number of aromatic nitrogens is 1. The first-order valence-electron chi connectivity index (χ1n) is 6.17. The van der Waals surface area contributed by atoms with Gasteiger partial charge < -0.3 is 5.11 Å². The number of aliphatic hydroxyl groups excluding tert-OH is 1. The van der Waals surface area contributed by atoms with Gasteiger partial charge >= 0.3 is 0 Å². The second-order valence-corrected chi connectivity index (χ2v) is 5.29. The van der Waals surface area contributed by atoms with Crippen LogP contribution in [-0.2, 0) is 0 Å². The molecule has 1 atom stereocenters. The van der Waals surface area contributed by atoms with E-state index < -0.39 is 11.0 Å². The van der Waals surface area contributed by atoms with Crippen LogP contribution in [0.5, 0.6) is 0 Å². The summed E-state index contributed by atoms with van der Waals surface area (Å²) in [7, 11) is 0. The standard InChI is InChI=1S/C14H14N2O3S/c1-2-13(17)11-8-7-10(9-15-11)20-14-6-4-3-5-12(14)16(18)19/h3-9,13,17H,2H2,1H3/t13-/m0/s1. The van der Waals surface area contributed by atoms with Crippen molar-refractivity contribution in [3.05, 3.63) is 58.4 Å². The number of nitro groups is 1. The Morgan fingerprint density at radius 3 is 2.70 bits per heavy atom. The molecule has 0 bridgehead atoms. The lowest BCUT2D eigenvalue weighted by Crippen LogP contribution is -1.98. The number of pyridine rings is 1. The predicted octanol–water partition coefficient (Wildman–Crippen LogP) is 3.58. The first kappa shape index (κ1) is 14.5. The van der Waals surface area contributed by atoms with Crippen LogP contribution in [0.3, 0.4) is 0 Å². The Bertz CT molecular complexity index is 602. The van der Waals surface area contributed by atoms with E-state index in [1.807, 2.05) is 13.0 Å². The van der Waals surface area contributed by atoms with E-state index in [0.29, 0.717) is 17.0 Å². The van der Waals surface area contributed by atoms with E-state index in [1.54, 1.807) is 30.5 Å². The van der Waals surface area contributed by atoms with Gasteiger partial charge in [-0.3, -0.25) is 15.1 Å². The summed E-state index contributed by atoms with van der Waals surface area (Å²) in [5.41, 5.74) is 0.689. The zero-order valence-corrected chi connectivity index (χ0v) is 11.7. The summed E-state index contributed by atoms with van der Waals surface area (Å²) in [6.45, 7) is 1.88. The van der Waals surface area contributed by atoms with Crippen LogP contribution in [-0.4, -0.2) is 15.0 Å². The highest BCUT2D eigenvalue weighted by molar-refractivity contribution is 7.99. The molecule has 0 saturated heterocycles. The van der Waals surface area contributed by atoms with Crippen molar-refractivity contribution in [3.8, 4) is 0 Å². The molecule has 104 valence electrons. The summed E-state index contributed by atoms with van der Waals surface area (Å²) in [5, 5.41) is 20.6. The molecule has 1 aromatic carbocycles. The molecule has 0 radical (unpaired) electrons. The van der Waals surface area contributed by atoms with Gasteiger partial charge in [0, 0.05) is 17.2 Å². The Labute approximate surface area is 120 Å². The lowest BCUT2D eigenvalue weighted by molar-refractivity contribution is -0.387. The SMILES string of the molecule is CC[C@H](O)c1ccc(Sc2ccccc2[N+](=O)[O-])cn1. The fourth-order valence-electron chi connectivity index (χ4n) is 1.68. The molecule has 2 aromatic rings. The summed E-state index contributed by atoms with van der Waals surface area (Å²) < 4.78 is 0. The first-order valence-corrected chi connectivity index (χ1v) is 6.98. The van der Waals surface area contributed by atoms with E-state index in [-0.39, 0.29) is 5.69 Å². The topological polar surface area (TPSA) is 76.3 Å². The number of rotatable bonds is 5. The van der Waals surface area contributed by atoms with Gasteiger partial charge in [-0.25, -0.2) is 0 Å². The van der Waals surface area contributed by atoms with Crippen LogP contribution in [0, 0.1) is 10.1 Å². The second-order valence-electron chi connectivity index (χ2n) is 4.17. The summed E-state index contributed by atoms with van der Waals surface area (Å²) >= 11 is 1.28. The Hall–Kier alpha value is -1.92. The maximum Gasteiger partial charge on any atom is 0.283 e. The van der Waals surface area contributed by atoms with E-state index >= 15 is 0 Å². The van der Waals surface area contributed by atoms with Crippen molar-refractivity contribution in [3.63, 3.8) is 0 Å². The first-order chi connectivity index (χ1) is 9.61. The van der Waals surface area contributed by atoms with Crippen molar-refractivity contribution in [1.82, 2.24) is 4.98 Å². The van der Waals surface area contributed by atoms with Crippen molar-refractivity contribution < 1.29 is 10.0 Å². The lowest BCUT2D eigenvalue weighted by Gasteiger charge is -2.07. The van der Waals surface area contributed by atoms with E-state index in [2.05, 4.69) is 4.98 Å². The van der Waals surface area contributed by atoms with Gasteiger partial charge in [0.05, 0.1) is 21.6 Å². The van der Waals surface area contributed by atoms with Crippen molar-refractivity contribution in [1.29, 1.82) is 0 Å². The zero-order valence-electron chi connectivity index (χ0n) is 10.9. The predicted molar refractivity (Wildman–Crippen MR) is 76.7 cm³/mol. The molecule has 0 aliphatic rings. The average molecular weight is 290 g/mol. The smallest absolute Gasteiger partial charge is 0.283 e.